The van der Waals surface area contributed by atoms with E-state index in [2.05, 4.69) is 57.7 Å². The Hall–Kier alpha value is -0.800. The fourth-order valence-electron chi connectivity index (χ4n) is 3.11. The van der Waals surface area contributed by atoms with E-state index in [1.54, 1.807) is 0 Å². The molecule has 3 nitrogen and oxygen atoms in total. The molecule has 0 aromatic carbocycles. The Labute approximate surface area is 130 Å². The molecule has 21 heavy (non-hydrogen) atoms. The van der Waals surface area contributed by atoms with Crippen LogP contribution in [0.5, 0.6) is 0 Å². The van der Waals surface area contributed by atoms with Crippen molar-refractivity contribution in [2.75, 3.05) is 26.2 Å². The van der Waals surface area contributed by atoms with E-state index in [9.17, 15) is 0 Å². The topological polar surface area (TPSA) is 21.7 Å². The second-order valence-electron chi connectivity index (χ2n) is 7.54. The van der Waals surface area contributed by atoms with E-state index < -0.39 is 0 Å². The highest BCUT2D eigenvalue weighted by molar-refractivity contribution is 5.19. The van der Waals surface area contributed by atoms with Crippen LogP contribution in [-0.4, -0.2) is 43.3 Å². The van der Waals surface area contributed by atoms with Gasteiger partial charge in [-0.2, -0.15) is 0 Å². The Bertz CT molecular complexity index is 385. The van der Waals surface area contributed by atoms with Crippen molar-refractivity contribution in [3.63, 3.8) is 0 Å². The maximum Gasteiger partial charge on any atom is 0.115 e. The number of nitrogens with zero attached hydrogens (tertiary/aromatic N) is 1. The molecule has 0 aromatic rings. The molecule has 0 saturated carbocycles. The van der Waals surface area contributed by atoms with E-state index >= 15 is 0 Å². The molecule has 1 aliphatic carbocycles. The highest BCUT2D eigenvalue weighted by Gasteiger charge is 2.24. The average molecular weight is 293 g/mol. The Morgan fingerprint density at radius 1 is 1.24 bits per heavy atom. The second-order valence-corrected chi connectivity index (χ2v) is 7.54. The van der Waals surface area contributed by atoms with Crippen LogP contribution >= 0.6 is 0 Å². The van der Waals surface area contributed by atoms with Gasteiger partial charge in [0.2, 0.25) is 0 Å². The summed E-state index contributed by atoms with van der Waals surface area (Å²) in [6, 6.07) is 0. The molecule has 2 rings (SSSR count). The smallest absolute Gasteiger partial charge is 0.115 e. The van der Waals surface area contributed by atoms with Crippen molar-refractivity contribution in [2.45, 2.75) is 53.2 Å². The summed E-state index contributed by atoms with van der Waals surface area (Å²) in [5.74, 6) is 1.65. The van der Waals surface area contributed by atoms with Gasteiger partial charge in [0.15, 0.2) is 0 Å². The normalized spacial score (nSPS) is 31.1. The highest BCUT2D eigenvalue weighted by atomic mass is 16.5. The molecule has 3 atom stereocenters. The molecule has 1 saturated heterocycles. The van der Waals surface area contributed by atoms with Gasteiger partial charge in [-0.3, -0.25) is 4.90 Å². The van der Waals surface area contributed by atoms with Gasteiger partial charge in [-0.15, -0.1) is 0 Å². The van der Waals surface area contributed by atoms with Crippen LogP contribution in [0.3, 0.4) is 0 Å². The van der Waals surface area contributed by atoms with Gasteiger partial charge in [0.1, 0.15) is 12.4 Å². The van der Waals surface area contributed by atoms with Crippen molar-refractivity contribution in [1.29, 1.82) is 0 Å². The van der Waals surface area contributed by atoms with Crippen LogP contribution in [-0.2, 0) is 9.47 Å². The Balaban J connectivity index is 1.70. The summed E-state index contributed by atoms with van der Waals surface area (Å²) in [7, 11) is 0. The molecule has 0 bridgehead atoms. The van der Waals surface area contributed by atoms with Crippen molar-refractivity contribution in [2.24, 2.45) is 11.3 Å². The molecule has 2 aliphatic rings. The first kappa shape index (κ1) is 16.6. The molecule has 120 valence electrons. The van der Waals surface area contributed by atoms with Crippen molar-refractivity contribution in [1.82, 2.24) is 4.90 Å². The second kappa shape index (κ2) is 6.97. The standard InChI is InChI=1S/C18H31NO2/c1-14-12-19(13-15(2)21-14)10-11-20-17-8-6-16(7-9-17)18(3,4)5/h6,8-9,14-16H,7,10-13H2,1-5H3. The molecule has 0 aromatic heterocycles. The van der Waals surface area contributed by atoms with Crippen molar-refractivity contribution in [3.8, 4) is 0 Å². The minimum Gasteiger partial charge on any atom is -0.493 e. The van der Waals surface area contributed by atoms with E-state index in [-0.39, 0.29) is 0 Å². The molecule has 0 radical (unpaired) electrons. The molecule has 1 aliphatic heterocycles. The van der Waals surface area contributed by atoms with Crippen LogP contribution in [0, 0.1) is 11.3 Å². The van der Waals surface area contributed by atoms with Gasteiger partial charge in [0.05, 0.1) is 12.2 Å². The predicted octanol–water partition coefficient (Wildman–Crippen LogP) is 3.62. The lowest BCUT2D eigenvalue weighted by atomic mass is 9.77. The zero-order valence-corrected chi connectivity index (χ0v) is 14.3. The number of allylic oxidation sites excluding steroid dienone is 3. The van der Waals surface area contributed by atoms with Gasteiger partial charge in [0, 0.05) is 19.6 Å². The van der Waals surface area contributed by atoms with E-state index in [0.29, 0.717) is 23.5 Å². The van der Waals surface area contributed by atoms with Gasteiger partial charge in [-0.25, -0.2) is 0 Å². The summed E-state index contributed by atoms with van der Waals surface area (Å²) in [5, 5.41) is 0. The fourth-order valence-corrected chi connectivity index (χ4v) is 3.11. The monoisotopic (exact) mass is 293 g/mol. The summed E-state index contributed by atoms with van der Waals surface area (Å²) >= 11 is 0. The zero-order valence-electron chi connectivity index (χ0n) is 14.3. The van der Waals surface area contributed by atoms with Crippen LogP contribution in [0.25, 0.3) is 0 Å². The lowest BCUT2D eigenvalue weighted by molar-refractivity contribution is -0.0712. The van der Waals surface area contributed by atoms with Crippen molar-refractivity contribution in [3.05, 3.63) is 24.0 Å². The minimum absolute atomic E-state index is 0.329. The van der Waals surface area contributed by atoms with Crippen LogP contribution in [0.4, 0.5) is 0 Å². The summed E-state index contributed by atoms with van der Waals surface area (Å²) in [6.07, 6.45) is 8.42. The molecule has 1 fully saturated rings. The number of hydrogen-bond acceptors (Lipinski definition) is 3. The van der Waals surface area contributed by atoms with E-state index in [1.165, 1.54) is 0 Å². The van der Waals surface area contributed by atoms with Crippen LogP contribution in [0.2, 0.25) is 0 Å². The maximum absolute atomic E-state index is 5.91. The number of ether oxygens (including phenoxy) is 2. The first-order chi connectivity index (χ1) is 9.84. The highest BCUT2D eigenvalue weighted by Crippen LogP contribution is 2.33. The third-order valence-corrected chi connectivity index (χ3v) is 4.35. The maximum atomic E-state index is 5.91. The summed E-state index contributed by atoms with van der Waals surface area (Å²) < 4.78 is 11.7. The van der Waals surface area contributed by atoms with Crippen LogP contribution < -0.4 is 0 Å². The van der Waals surface area contributed by atoms with Gasteiger partial charge in [0.25, 0.3) is 0 Å². The van der Waals surface area contributed by atoms with Crippen LogP contribution in [0.1, 0.15) is 41.0 Å². The molecule has 1 heterocycles. The third-order valence-electron chi connectivity index (χ3n) is 4.35. The number of hydrogen-bond donors (Lipinski definition) is 0. The first-order valence-corrected chi connectivity index (χ1v) is 8.23. The predicted molar refractivity (Wildman–Crippen MR) is 87.2 cm³/mol. The van der Waals surface area contributed by atoms with E-state index in [0.717, 1.165) is 38.4 Å². The fraction of sp³-hybridized carbons (Fsp3) is 0.778. The zero-order chi connectivity index (χ0) is 15.5. The summed E-state index contributed by atoms with van der Waals surface area (Å²) in [6.45, 7) is 14.9. The van der Waals surface area contributed by atoms with Gasteiger partial charge >= 0.3 is 0 Å². The number of morpholine rings is 1. The van der Waals surface area contributed by atoms with E-state index in [4.69, 9.17) is 9.47 Å². The Morgan fingerprint density at radius 2 is 1.90 bits per heavy atom. The molecule has 0 spiro atoms. The number of rotatable bonds is 4. The largest absolute Gasteiger partial charge is 0.493 e. The quantitative estimate of drug-likeness (QED) is 0.790. The Kier molecular flexibility index (Phi) is 5.50. The molecular formula is C18H31NO2. The molecule has 0 amide bonds. The summed E-state index contributed by atoms with van der Waals surface area (Å²) in [4.78, 5) is 2.43. The first-order valence-electron chi connectivity index (χ1n) is 8.23. The molecule has 3 unspecified atom stereocenters. The molecule has 0 N–H and O–H groups in total. The van der Waals surface area contributed by atoms with Crippen LogP contribution in [0.15, 0.2) is 24.0 Å². The lowest BCUT2D eigenvalue weighted by Crippen LogP contribution is -2.46. The summed E-state index contributed by atoms with van der Waals surface area (Å²) in [5.41, 5.74) is 0.332. The molecule has 3 heteroatoms. The Morgan fingerprint density at radius 3 is 2.43 bits per heavy atom. The van der Waals surface area contributed by atoms with E-state index in [1.807, 2.05) is 0 Å². The third kappa shape index (κ3) is 5.15. The van der Waals surface area contributed by atoms with Gasteiger partial charge in [-0.05, 0) is 43.8 Å². The minimum atomic E-state index is 0.329. The van der Waals surface area contributed by atoms with Crippen molar-refractivity contribution >= 4 is 0 Å². The van der Waals surface area contributed by atoms with Gasteiger partial charge < -0.3 is 9.47 Å². The SMILES string of the molecule is CC1CN(CCOC2=CCC(C(C)(C)C)C=C2)CC(C)O1. The van der Waals surface area contributed by atoms with Crippen molar-refractivity contribution < 1.29 is 9.47 Å². The lowest BCUT2D eigenvalue weighted by Gasteiger charge is -2.35. The molecular weight excluding hydrogens is 262 g/mol. The average Bonchev–Trinajstić information content (AvgIpc) is 2.37. The van der Waals surface area contributed by atoms with Gasteiger partial charge in [-0.1, -0.05) is 26.8 Å².